The molecule has 0 aliphatic carbocycles. The van der Waals surface area contributed by atoms with Crippen molar-refractivity contribution in [2.45, 2.75) is 25.7 Å². The summed E-state index contributed by atoms with van der Waals surface area (Å²) in [5.41, 5.74) is 0. The lowest BCUT2D eigenvalue weighted by Crippen LogP contribution is -2.42. The minimum Gasteiger partial charge on any atom is -0.138 e. The minimum absolute atomic E-state index is 0.0471. The highest BCUT2D eigenvalue weighted by Crippen LogP contribution is 2.30. The smallest absolute Gasteiger partial charge is 0.138 e. The van der Waals surface area contributed by atoms with Crippen molar-refractivity contribution in [3.8, 4) is 0 Å². The van der Waals surface area contributed by atoms with Crippen LogP contribution in [0.25, 0.3) is 0 Å². The lowest BCUT2D eigenvalue weighted by molar-refractivity contribution is 0.742. The number of halogens is 4. The third-order valence-corrected chi connectivity index (χ3v) is 7.35. The first-order valence-corrected chi connectivity index (χ1v) is 6.75. The second kappa shape index (κ2) is 4.08. The predicted molar refractivity (Wildman–Crippen MR) is 50.5 cm³/mol. The Morgan fingerprint density at radius 2 is 1.60 bits per heavy atom. The molecule has 1 fully saturated rings. The van der Waals surface area contributed by atoms with Gasteiger partial charge in [-0.15, -0.1) is 46.4 Å². The van der Waals surface area contributed by atoms with Crippen LogP contribution in [0.15, 0.2) is 0 Å². The summed E-state index contributed by atoms with van der Waals surface area (Å²) in [6.45, 7) is 0. The van der Waals surface area contributed by atoms with Crippen LogP contribution in [-0.2, 0) is 0 Å². The maximum atomic E-state index is 5.91. The van der Waals surface area contributed by atoms with Crippen LogP contribution >= 0.6 is 46.4 Å². The molecule has 0 amide bonds. The molecule has 1 rings (SSSR count). The molecule has 0 aromatic heterocycles. The Hall–Kier alpha value is 1.69. The fourth-order valence-electron chi connectivity index (χ4n) is 1.04. The fourth-order valence-corrected chi connectivity index (χ4v) is 5.10. The van der Waals surface area contributed by atoms with Crippen molar-refractivity contribution in [1.82, 2.24) is 0 Å². The van der Waals surface area contributed by atoms with Crippen LogP contribution < -0.4 is 0 Å². The topological polar surface area (TPSA) is 0 Å². The zero-order chi connectivity index (χ0) is 7.72. The Morgan fingerprint density at radius 1 is 1.00 bits per heavy atom. The molecule has 4 atom stereocenters. The number of rotatable bonds is 0. The molecule has 0 radical (unpaired) electrons. The second-order valence-electron chi connectivity index (χ2n) is 2.50. The van der Waals surface area contributed by atoms with Crippen molar-refractivity contribution in [3.63, 3.8) is 0 Å². The largest absolute Gasteiger partial charge is 0.268 e. The predicted octanol–water partition coefficient (Wildman–Crippen LogP) is 2.24. The molecule has 58 valence electrons. The van der Waals surface area contributed by atoms with Gasteiger partial charge in [0.15, 0.2) is 0 Å². The van der Waals surface area contributed by atoms with Gasteiger partial charge in [-0.05, 0) is 0 Å². The van der Waals surface area contributed by atoms with Crippen molar-refractivity contribution < 1.29 is 0 Å². The summed E-state index contributed by atoms with van der Waals surface area (Å²) in [6.07, 6.45) is 0. The summed E-state index contributed by atoms with van der Waals surface area (Å²) in [4.78, 5) is 0. The number of hydrogen-bond acceptors (Lipinski definition) is 0. The van der Waals surface area contributed by atoms with E-state index in [4.69, 9.17) is 46.4 Å². The Kier molecular flexibility index (Phi) is 3.99. The summed E-state index contributed by atoms with van der Waals surface area (Å²) < 4.78 is 0.124. The molecular weight excluding hydrogens is 229 g/mol. The average molecular weight is 236 g/mol. The minimum atomic E-state index is -0.277. The van der Waals surface area contributed by atoms with Gasteiger partial charge in [-0.1, -0.05) is 5.28 Å². The molecule has 4 unspecified atom stereocenters. The zero-order valence-electron chi connectivity index (χ0n) is 5.24. The van der Waals surface area contributed by atoms with Crippen LogP contribution in [0.2, 0.25) is 5.28 Å². The van der Waals surface area contributed by atoms with Gasteiger partial charge >= 0.3 is 0 Å². The van der Waals surface area contributed by atoms with Gasteiger partial charge in [0.2, 0.25) is 0 Å². The highest BCUT2D eigenvalue weighted by atomic mass is 35.5. The van der Waals surface area contributed by atoms with E-state index in [1.807, 2.05) is 0 Å². The van der Waals surface area contributed by atoms with Gasteiger partial charge in [0, 0.05) is 9.62 Å². The van der Waals surface area contributed by atoms with Gasteiger partial charge in [0.25, 0.3) is 15.2 Å². The Balaban J connectivity index is 2.52. The number of hydrogen-bond donors (Lipinski definition) is 0. The van der Waals surface area contributed by atoms with Gasteiger partial charge in [-0.25, -0.2) is 0 Å². The van der Waals surface area contributed by atoms with Crippen LogP contribution in [0.5, 0.6) is 0 Å². The lowest BCUT2D eigenvalue weighted by Gasteiger charge is -2.29. The fraction of sp³-hybridized carbons (Fsp3) is 1.00. The van der Waals surface area contributed by atoms with E-state index in [0.29, 0.717) is 0 Å². The zero-order valence-corrected chi connectivity index (χ0v) is 9.67. The van der Waals surface area contributed by atoms with Gasteiger partial charge in [-0.3, -0.25) is 0 Å². The first-order chi connectivity index (χ1) is 4.63. The molecule has 1 aliphatic heterocycles. The van der Waals surface area contributed by atoms with E-state index in [1.165, 1.54) is 0 Å². The molecule has 0 aromatic rings. The molecule has 0 aromatic carbocycles. The quantitative estimate of drug-likeness (QED) is 0.447. The van der Waals surface area contributed by atoms with E-state index in [2.05, 4.69) is 0 Å². The average Bonchev–Trinajstić information content (AvgIpc) is 1.93. The summed E-state index contributed by atoms with van der Waals surface area (Å²) >= 11 is 23.3. The summed E-state index contributed by atoms with van der Waals surface area (Å²) in [6, 6.07) is 0. The molecule has 10 heavy (non-hydrogen) atoms. The molecule has 0 spiro atoms. The van der Waals surface area contributed by atoms with E-state index < -0.39 is 0 Å². The SMILES string of the molecule is ClC1[CH2][AlH][CH](Cl)C(Cl)C1Cl. The van der Waals surface area contributed by atoms with Crippen LogP contribution in [0.4, 0.5) is 0 Å². The Bertz CT molecular complexity index is 106. The first kappa shape index (κ1) is 9.78. The van der Waals surface area contributed by atoms with E-state index >= 15 is 0 Å². The molecular formula is C5H7AlCl4. The third kappa shape index (κ3) is 2.10. The Morgan fingerprint density at radius 3 is 2.10 bits per heavy atom. The molecule has 1 heterocycles. The number of alkyl halides is 4. The van der Waals surface area contributed by atoms with E-state index in [9.17, 15) is 0 Å². The van der Waals surface area contributed by atoms with Crippen LogP contribution in [-0.4, -0.2) is 35.6 Å². The van der Waals surface area contributed by atoms with Gasteiger partial charge in [0.05, 0.1) is 10.8 Å². The third-order valence-electron chi connectivity index (χ3n) is 1.71. The van der Waals surface area contributed by atoms with Crippen LogP contribution in [0, 0.1) is 0 Å². The molecule has 0 bridgehead atoms. The van der Waals surface area contributed by atoms with E-state index in [0.717, 1.165) is 5.28 Å². The highest BCUT2D eigenvalue weighted by molar-refractivity contribution is 6.59. The standard InChI is InChI=1S/C5H6Cl4.Al.H/c1-3(7)5(9)4(8)2-6;;/h2-5H,1H2;;. The summed E-state index contributed by atoms with van der Waals surface area (Å²) in [5, 5.41) is 0.789. The molecule has 0 saturated carbocycles. The van der Waals surface area contributed by atoms with Crippen LogP contribution in [0.3, 0.4) is 0 Å². The summed E-state index contributed by atoms with van der Waals surface area (Å²) in [7, 11) is 0. The lowest BCUT2D eigenvalue weighted by atomic mass is 10.2. The monoisotopic (exact) mass is 234 g/mol. The maximum absolute atomic E-state index is 5.91. The van der Waals surface area contributed by atoms with Crippen LogP contribution in [0.1, 0.15) is 0 Å². The second-order valence-corrected chi connectivity index (χ2v) is 7.18. The first-order valence-electron chi connectivity index (χ1n) is 3.19. The van der Waals surface area contributed by atoms with Gasteiger partial charge in [-0.2, -0.15) is 0 Å². The van der Waals surface area contributed by atoms with Crippen molar-refractivity contribution in [1.29, 1.82) is 0 Å². The molecule has 5 heteroatoms. The maximum Gasteiger partial charge on any atom is 0.268 e. The van der Waals surface area contributed by atoms with Crippen molar-refractivity contribution in [2.75, 3.05) is 0 Å². The molecule has 1 saturated heterocycles. The summed E-state index contributed by atoms with van der Waals surface area (Å²) in [5.74, 6) is 0. The van der Waals surface area contributed by atoms with E-state index in [-0.39, 0.29) is 35.6 Å². The Labute approximate surface area is 86.9 Å². The van der Waals surface area contributed by atoms with Crippen molar-refractivity contribution in [3.05, 3.63) is 0 Å². The molecule has 0 nitrogen and oxygen atoms in total. The van der Waals surface area contributed by atoms with E-state index in [1.54, 1.807) is 0 Å². The highest BCUT2D eigenvalue weighted by Gasteiger charge is 2.36. The van der Waals surface area contributed by atoms with Crippen molar-refractivity contribution >= 4 is 61.6 Å². The van der Waals surface area contributed by atoms with Gasteiger partial charge in [0.1, 0.15) is 0 Å². The van der Waals surface area contributed by atoms with Crippen molar-refractivity contribution in [2.24, 2.45) is 0 Å². The normalized spacial score (nSPS) is 48.4. The molecule has 0 N–H and O–H groups in total. The van der Waals surface area contributed by atoms with Gasteiger partial charge < -0.3 is 0 Å². The molecule has 1 aliphatic rings.